The molecule has 3 unspecified atom stereocenters. The Hall–Kier alpha value is -3.00. The van der Waals surface area contributed by atoms with E-state index >= 15 is 0 Å². The third-order valence-electron chi connectivity index (χ3n) is 5.17. The third kappa shape index (κ3) is 3.44. The molecule has 1 fully saturated rings. The lowest BCUT2D eigenvalue weighted by Gasteiger charge is -2.50. The van der Waals surface area contributed by atoms with E-state index in [4.69, 9.17) is 26.4 Å². The molecule has 2 bridgehead atoms. The Balaban J connectivity index is 1.69. The summed E-state index contributed by atoms with van der Waals surface area (Å²) in [6.45, 7) is 4.26. The molecule has 152 valence electrons. The Labute approximate surface area is 174 Å². The topological polar surface area (TPSA) is 80.9 Å². The van der Waals surface area contributed by atoms with E-state index in [2.05, 4.69) is 16.0 Å². The Morgan fingerprint density at radius 2 is 2.03 bits per heavy atom. The first-order chi connectivity index (χ1) is 13.9. The molecule has 3 atom stereocenters. The van der Waals surface area contributed by atoms with Crippen LogP contribution >= 0.6 is 12.2 Å². The van der Waals surface area contributed by atoms with Gasteiger partial charge in [0.25, 0.3) is 0 Å². The summed E-state index contributed by atoms with van der Waals surface area (Å²) in [6, 6.07) is 12.5. The van der Waals surface area contributed by atoms with Gasteiger partial charge in [0, 0.05) is 11.3 Å². The summed E-state index contributed by atoms with van der Waals surface area (Å²) in [5.41, 5.74) is 0.491. The van der Waals surface area contributed by atoms with Crippen molar-refractivity contribution in [3.8, 4) is 17.2 Å². The number of anilines is 1. The molecule has 1 saturated heterocycles. The van der Waals surface area contributed by atoms with E-state index in [1.807, 2.05) is 32.0 Å². The van der Waals surface area contributed by atoms with Crippen molar-refractivity contribution in [2.45, 2.75) is 25.6 Å². The fraction of sp³-hybridized carbons (Fsp3) is 0.333. The molecular formula is C21H23N3O4S. The minimum absolute atomic E-state index is 0.183. The maximum Gasteiger partial charge on any atom is 0.236 e. The molecule has 1 amide bonds. The fourth-order valence-corrected chi connectivity index (χ4v) is 4.22. The van der Waals surface area contributed by atoms with Crippen molar-refractivity contribution >= 4 is 28.9 Å². The van der Waals surface area contributed by atoms with Gasteiger partial charge < -0.3 is 30.2 Å². The van der Waals surface area contributed by atoms with E-state index in [9.17, 15) is 4.79 Å². The molecule has 2 aliphatic rings. The minimum Gasteiger partial charge on any atom is -0.497 e. The number of benzene rings is 2. The number of carbonyl (C=O) groups excluding carboxylic acids is 1. The van der Waals surface area contributed by atoms with Crippen molar-refractivity contribution in [2.75, 3.05) is 19.0 Å². The molecule has 3 N–H and O–H groups in total. The monoisotopic (exact) mass is 413 g/mol. The number of rotatable bonds is 5. The van der Waals surface area contributed by atoms with E-state index in [0.717, 1.165) is 11.3 Å². The van der Waals surface area contributed by atoms with Gasteiger partial charge in [0.2, 0.25) is 5.91 Å². The second-order valence-corrected chi connectivity index (χ2v) is 7.50. The van der Waals surface area contributed by atoms with Gasteiger partial charge in [-0.15, -0.1) is 0 Å². The smallest absolute Gasteiger partial charge is 0.236 e. The molecule has 29 heavy (non-hydrogen) atoms. The van der Waals surface area contributed by atoms with E-state index in [0.29, 0.717) is 28.9 Å². The fourth-order valence-electron chi connectivity index (χ4n) is 3.89. The number of fused-ring (bicyclic) bond motifs is 4. The van der Waals surface area contributed by atoms with Gasteiger partial charge in [0.05, 0.1) is 19.8 Å². The summed E-state index contributed by atoms with van der Waals surface area (Å²) in [4.78, 5) is 13.3. The Morgan fingerprint density at radius 1 is 1.28 bits per heavy atom. The lowest BCUT2D eigenvalue weighted by molar-refractivity contribution is -0.132. The molecule has 2 heterocycles. The largest absolute Gasteiger partial charge is 0.497 e. The highest BCUT2D eigenvalue weighted by Gasteiger charge is 2.55. The molecule has 0 radical (unpaired) electrons. The van der Waals surface area contributed by atoms with Crippen LogP contribution in [0.1, 0.15) is 25.5 Å². The van der Waals surface area contributed by atoms with Gasteiger partial charge in [-0.1, -0.05) is 12.1 Å². The average molecular weight is 413 g/mol. The second kappa shape index (κ2) is 7.44. The summed E-state index contributed by atoms with van der Waals surface area (Å²) in [6.07, 6.45) is 0. The lowest BCUT2D eigenvalue weighted by atomic mass is 9.79. The predicted octanol–water partition coefficient (Wildman–Crippen LogP) is 2.98. The van der Waals surface area contributed by atoms with Crippen molar-refractivity contribution in [3.63, 3.8) is 0 Å². The van der Waals surface area contributed by atoms with Crippen molar-refractivity contribution in [1.29, 1.82) is 0 Å². The van der Waals surface area contributed by atoms with Crippen LogP contribution in [0, 0.1) is 5.92 Å². The van der Waals surface area contributed by atoms with E-state index in [-0.39, 0.29) is 11.9 Å². The molecule has 7 nitrogen and oxygen atoms in total. The second-order valence-electron chi connectivity index (χ2n) is 7.09. The molecule has 8 heteroatoms. The molecule has 2 aromatic rings. The molecule has 2 aliphatic heterocycles. The molecule has 4 rings (SSSR count). The number of hydrogen-bond donors (Lipinski definition) is 3. The molecule has 0 aliphatic carbocycles. The van der Waals surface area contributed by atoms with E-state index in [1.165, 1.54) is 0 Å². The zero-order valence-corrected chi connectivity index (χ0v) is 17.3. The average Bonchev–Trinajstić information content (AvgIpc) is 2.68. The van der Waals surface area contributed by atoms with Gasteiger partial charge >= 0.3 is 0 Å². The number of thiocarbonyl (C=S) groups is 1. The van der Waals surface area contributed by atoms with Gasteiger partial charge in [-0.25, -0.2) is 0 Å². The maximum atomic E-state index is 13.3. The summed E-state index contributed by atoms with van der Waals surface area (Å²) >= 11 is 5.36. The van der Waals surface area contributed by atoms with Crippen molar-refractivity contribution in [3.05, 3.63) is 48.0 Å². The molecule has 0 spiro atoms. The normalized spacial score (nSPS) is 24.3. The molecule has 2 aromatic carbocycles. The number of hydrogen-bond acceptors (Lipinski definition) is 5. The first-order valence-electron chi connectivity index (χ1n) is 9.43. The Kier molecular flexibility index (Phi) is 4.96. The molecular weight excluding hydrogens is 390 g/mol. The quantitative estimate of drug-likeness (QED) is 0.650. The number of carbonyl (C=O) groups is 1. The van der Waals surface area contributed by atoms with Crippen LogP contribution in [0.5, 0.6) is 17.2 Å². The highest BCUT2D eigenvalue weighted by atomic mass is 32.1. The summed E-state index contributed by atoms with van der Waals surface area (Å²) in [7, 11) is 1.60. The van der Waals surface area contributed by atoms with Crippen molar-refractivity contribution in [2.24, 2.45) is 5.92 Å². The number of amides is 1. The van der Waals surface area contributed by atoms with Gasteiger partial charge in [-0.3, -0.25) is 4.79 Å². The predicted molar refractivity (Wildman–Crippen MR) is 113 cm³/mol. The van der Waals surface area contributed by atoms with Crippen LogP contribution in [0.2, 0.25) is 0 Å². The minimum atomic E-state index is -1.02. The van der Waals surface area contributed by atoms with Crippen LogP contribution in [-0.4, -0.2) is 30.5 Å². The van der Waals surface area contributed by atoms with Crippen LogP contribution in [0.15, 0.2) is 42.5 Å². The SMILES string of the molecule is CCOc1cccc2c1OC1(C)NC(=S)NC2C1C(=O)Nc1ccc(OC)cc1. The van der Waals surface area contributed by atoms with Crippen molar-refractivity contribution in [1.82, 2.24) is 10.6 Å². The summed E-state index contributed by atoms with van der Waals surface area (Å²) in [5.74, 6) is 1.24. The number of para-hydroxylation sites is 1. The zero-order chi connectivity index (χ0) is 20.6. The van der Waals surface area contributed by atoms with Gasteiger partial charge in [-0.2, -0.15) is 0 Å². The van der Waals surface area contributed by atoms with Crippen LogP contribution in [-0.2, 0) is 4.79 Å². The van der Waals surface area contributed by atoms with Crippen LogP contribution in [0.3, 0.4) is 0 Å². The standard InChI is InChI=1S/C21H23N3O4S/c1-4-27-15-7-5-6-14-17-16(21(2,28-18(14)15)24-20(29)23-17)19(25)22-12-8-10-13(26-3)11-9-12/h5-11,16-17H,4H2,1-3H3,(H,22,25)(H2,23,24,29). The Bertz CT molecular complexity index is 949. The number of methoxy groups -OCH3 is 1. The van der Waals surface area contributed by atoms with E-state index in [1.54, 1.807) is 31.4 Å². The van der Waals surface area contributed by atoms with Crippen LogP contribution in [0.4, 0.5) is 5.69 Å². The highest BCUT2D eigenvalue weighted by Crippen LogP contribution is 2.48. The summed E-state index contributed by atoms with van der Waals surface area (Å²) < 4.78 is 17.2. The third-order valence-corrected chi connectivity index (χ3v) is 5.39. The first-order valence-corrected chi connectivity index (χ1v) is 9.84. The highest BCUT2D eigenvalue weighted by molar-refractivity contribution is 7.80. The van der Waals surface area contributed by atoms with Gasteiger partial charge in [-0.05, 0) is 56.4 Å². The van der Waals surface area contributed by atoms with Crippen LogP contribution in [0.25, 0.3) is 0 Å². The zero-order valence-electron chi connectivity index (χ0n) is 16.4. The van der Waals surface area contributed by atoms with Gasteiger partial charge in [0.15, 0.2) is 22.3 Å². The maximum absolute atomic E-state index is 13.3. The van der Waals surface area contributed by atoms with E-state index < -0.39 is 11.6 Å². The number of ether oxygens (including phenoxy) is 3. The molecule has 0 saturated carbocycles. The van der Waals surface area contributed by atoms with Crippen molar-refractivity contribution < 1.29 is 19.0 Å². The molecule has 0 aromatic heterocycles. The summed E-state index contributed by atoms with van der Waals surface area (Å²) in [5, 5.41) is 9.78. The van der Waals surface area contributed by atoms with Crippen LogP contribution < -0.4 is 30.2 Å². The Morgan fingerprint density at radius 3 is 2.72 bits per heavy atom. The lowest BCUT2D eigenvalue weighted by Crippen LogP contribution is -2.70. The van der Waals surface area contributed by atoms with Gasteiger partial charge in [0.1, 0.15) is 11.7 Å². The number of nitrogens with one attached hydrogen (secondary N) is 3. The first kappa shape index (κ1) is 19.3.